The second-order valence-electron chi connectivity index (χ2n) is 4.65. The molecule has 1 heterocycles. The van der Waals surface area contributed by atoms with E-state index in [4.69, 9.17) is 0 Å². The Morgan fingerprint density at radius 1 is 1.25 bits per heavy atom. The first-order chi connectivity index (χ1) is 11.5. The molecule has 0 atom stereocenters. The van der Waals surface area contributed by atoms with E-state index in [0.717, 1.165) is 11.3 Å². The maximum atomic E-state index is 11.9. The molecule has 8 nitrogen and oxygen atoms in total. The number of para-hydroxylation sites is 2. The van der Waals surface area contributed by atoms with Crippen molar-refractivity contribution in [1.82, 2.24) is 0 Å². The number of nitrogens with zero attached hydrogens (tertiary/aromatic N) is 1. The molecule has 2 aromatic rings. The van der Waals surface area contributed by atoms with Gasteiger partial charge in [-0.1, -0.05) is 12.1 Å². The summed E-state index contributed by atoms with van der Waals surface area (Å²) in [4.78, 5) is 34.0. The second-order valence-corrected chi connectivity index (χ2v) is 5.74. The van der Waals surface area contributed by atoms with Gasteiger partial charge in [-0.05, 0) is 18.2 Å². The van der Waals surface area contributed by atoms with E-state index in [1.54, 1.807) is 30.3 Å². The van der Waals surface area contributed by atoms with E-state index in [-0.39, 0.29) is 24.6 Å². The number of ether oxygens (including phenoxy) is 1. The van der Waals surface area contributed by atoms with E-state index in [1.807, 2.05) is 0 Å². The summed E-state index contributed by atoms with van der Waals surface area (Å²) in [5, 5.41) is 17.0. The van der Waals surface area contributed by atoms with Crippen LogP contribution >= 0.6 is 11.3 Å². The van der Waals surface area contributed by atoms with E-state index < -0.39 is 10.9 Å². The van der Waals surface area contributed by atoms with Crippen molar-refractivity contribution < 1.29 is 19.2 Å². The van der Waals surface area contributed by atoms with Crippen LogP contribution in [0.15, 0.2) is 36.4 Å². The molecule has 0 radical (unpaired) electrons. The van der Waals surface area contributed by atoms with Crippen molar-refractivity contribution in [1.29, 1.82) is 0 Å². The normalized spacial score (nSPS) is 10.0. The Morgan fingerprint density at radius 3 is 2.71 bits per heavy atom. The predicted octanol–water partition coefficient (Wildman–Crippen LogP) is 2.88. The molecule has 1 aromatic carbocycles. The summed E-state index contributed by atoms with van der Waals surface area (Å²) in [5.41, 5.74) is 0.318. The maximum absolute atomic E-state index is 11.9. The fourth-order valence-corrected chi connectivity index (χ4v) is 2.75. The first-order valence-corrected chi connectivity index (χ1v) is 7.78. The van der Waals surface area contributed by atoms with E-state index in [2.05, 4.69) is 15.4 Å². The van der Waals surface area contributed by atoms with Crippen molar-refractivity contribution in [2.24, 2.45) is 0 Å². The predicted molar refractivity (Wildman–Crippen MR) is 90.5 cm³/mol. The molecule has 126 valence electrons. The maximum Gasteiger partial charge on any atom is 0.348 e. The molecule has 0 aliphatic heterocycles. The number of nitrogens with one attached hydrogen (secondary N) is 2. The molecule has 24 heavy (non-hydrogen) atoms. The zero-order valence-electron chi connectivity index (χ0n) is 12.8. The van der Waals surface area contributed by atoms with Crippen molar-refractivity contribution in [2.75, 3.05) is 24.3 Å². The number of hydrogen-bond donors (Lipinski definition) is 2. The molecular weight excluding hydrogens is 334 g/mol. The van der Waals surface area contributed by atoms with Crippen molar-refractivity contribution in [2.45, 2.75) is 6.42 Å². The minimum atomic E-state index is -0.484. The molecule has 2 rings (SSSR count). The van der Waals surface area contributed by atoms with Crippen LogP contribution in [0.1, 0.15) is 16.1 Å². The van der Waals surface area contributed by atoms with Crippen molar-refractivity contribution in [3.8, 4) is 0 Å². The SMILES string of the molecule is COC(=O)c1ccc(NC(=O)CCNc2ccccc2[N+](=O)[O-])s1. The Labute approximate surface area is 141 Å². The molecule has 0 fully saturated rings. The zero-order chi connectivity index (χ0) is 17.5. The lowest BCUT2D eigenvalue weighted by Gasteiger charge is -2.07. The van der Waals surface area contributed by atoms with Gasteiger partial charge in [-0.15, -0.1) is 11.3 Å². The summed E-state index contributed by atoms with van der Waals surface area (Å²) >= 11 is 1.11. The topological polar surface area (TPSA) is 111 Å². The number of thiophene rings is 1. The smallest absolute Gasteiger partial charge is 0.348 e. The largest absolute Gasteiger partial charge is 0.465 e. The highest BCUT2D eigenvalue weighted by Gasteiger charge is 2.13. The molecule has 2 N–H and O–H groups in total. The zero-order valence-corrected chi connectivity index (χ0v) is 13.6. The van der Waals surface area contributed by atoms with E-state index in [0.29, 0.717) is 15.6 Å². The van der Waals surface area contributed by atoms with E-state index >= 15 is 0 Å². The molecule has 0 spiro atoms. The van der Waals surface area contributed by atoms with Crippen LogP contribution in [0.5, 0.6) is 0 Å². The number of rotatable bonds is 7. The Bertz CT molecular complexity index is 759. The molecule has 0 unspecified atom stereocenters. The van der Waals surface area contributed by atoms with Crippen LogP contribution in [-0.4, -0.2) is 30.5 Å². The van der Waals surface area contributed by atoms with Gasteiger partial charge in [0.05, 0.1) is 17.0 Å². The van der Waals surface area contributed by atoms with Gasteiger partial charge in [0.15, 0.2) is 0 Å². The molecule has 9 heteroatoms. The summed E-state index contributed by atoms with van der Waals surface area (Å²) in [6.07, 6.45) is 0.123. The number of esters is 1. The highest BCUT2D eigenvalue weighted by atomic mass is 32.1. The molecular formula is C15H15N3O5S. The number of nitro groups is 1. The quantitative estimate of drug-likeness (QED) is 0.452. The van der Waals surface area contributed by atoms with Crippen LogP contribution in [0.3, 0.4) is 0 Å². The molecule has 0 aliphatic rings. The minimum Gasteiger partial charge on any atom is -0.465 e. The van der Waals surface area contributed by atoms with Crippen molar-refractivity contribution in [3.63, 3.8) is 0 Å². The summed E-state index contributed by atoms with van der Waals surface area (Å²) in [5.74, 6) is -0.724. The minimum absolute atomic E-state index is 0.0427. The fourth-order valence-electron chi connectivity index (χ4n) is 1.91. The third kappa shape index (κ3) is 4.53. The number of carbonyl (C=O) groups is 2. The standard InChI is InChI=1S/C15H15N3O5S/c1-23-15(20)12-6-7-14(24-12)17-13(19)8-9-16-10-4-2-3-5-11(10)18(21)22/h2-7,16H,8-9H2,1H3,(H,17,19). The Kier molecular flexibility index (Phi) is 5.85. The van der Waals surface area contributed by atoms with Gasteiger partial charge in [-0.2, -0.15) is 0 Å². The van der Waals surface area contributed by atoms with Crippen LogP contribution in [0.2, 0.25) is 0 Å². The number of nitro benzene ring substituents is 1. The monoisotopic (exact) mass is 349 g/mol. The molecule has 1 amide bonds. The summed E-state index contributed by atoms with van der Waals surface area (Å²) in [6.45, 7) is 0.242. The van der Waals surface area contributed by atoms with Crippen molar-refractivity contribution in [3.05, 3.63) is 51.4 Å². The lowest BCUT2D eigenvalue weighted by molar-refractivity contribution is -0.384. The highest BCUT2D eigenvalue weighted by Crippen LogP contribution is 2.24. The highest BCUT2D eigenvalue weighted by molar-refractivity contribution is 7.18. The number of hydrogen-bond acceptors (Lipinski definition) is 7. The van der Waals surface area contributed by atoms with Crippen LogP contribution in [0.4, 0.5) is 16.4 Å². The molecule has 1 aromatic heterocycles. The van der Waals surface area contributed by atoms with Crippen LogP contribution in [0, 0.1) is 10.1 Å². The van der Waals surface area contributed by atoms with Gasteiger partial charge in [0.2, 0.25) is 5.91 Å². The fraction of sp³-hybridized carbons (Fsp3) is 0.200. The van der Waals surface area contributed by atoms with Gasteiger partial charge in [0, 0.05) is 19.0 Å². The number of carbonyl (C=O) groups excluding carboxylic acids is 2. The third-order valence-electron chi connectivity index (χ3n) is 3.02. The van der Waals surface area contributed by atoms with Gasteiger partial charge in [-0.25, -0.2) is 4.79 Å². The van der Waals surface area contributed by atoms with Gasteiger partial charge < -0.3 is 15.4 Å². The van der Waals surface area contributed by atoms with Gasteiger partial charge in [0.1, 0.15) is 10.6 Å². The molecule has 0 saturated carbocycles. The van der Waals surface area contributed by atoms with Crippen LogP contribution < -0.4 is 10.6 Å². The lowest BCUT2D eigenvalue weighted by atomic mass is 10.2. The van der Waals surface area contributed by atoms with Gasteiger partial charge in [-0.3, -0.25) is 14.9 Å². The average Bonchev–Trinajstić information content (AvgIpc) is 3.02. The van der Waals surface area contributed by atoms with Crippen molar-refractivity contribution >= 4 is 39.6 Å². The first kappa shape index (κ1) is 17.4. The number of methoxy groups -OCH3 is 1. The first-order valence-electron chi connectivity index (χ1n) is 6.96. The van der Waals surface area contributed by atoms with Gasteiger partial charge >= 0.3 is 5.97 Å². The second kappa shape index (κ2) is 8.06. The van der Waals surface area contributed by atoms with Crippen LogP contribution in [-0.2, 0) is 9.53 Å². The van der Waals surface area contributed by atoms with Crippen LogP contribution in [0.25, 0.3) is 0 Å². The summed E-state index contributed by atoms with van der Waals surface area (Å²) < 4.78 is 4.59. The summed E-state index contributed by atoms with van der Waals surface area (Å²) in [6, 6.07) is 9.41. The molecule has 0 saturated heterocycles. The third-order valence-corrected chi connectivity index (χ3v) is 4.00. The Balaban J connectivity index is 1.85. The molecule has 0 bridgehead atoms. The number of amides is 1. The average molecular weight is 349 g/mol. The molecule has 0 aliphatic carbocycles. The van der Waals surface area contributed by atoms with Gasteiger partial charge in [0.25, 0.3) is 5.69 Å². The van der Waals surface area contributed by atoms with E-state index in [1.165, 1.54) is 13.2 Å². The Morgan fingerprint density at radius 2 is 2.00 bits per heavy atom. The lowest BCUT2D eigenvalue weighted by Crippen LogP contribution is -2.16. The number of anilines is 2. The number of benzene rings is 1. The van der Waals surface area contributed by atoms with E-state index in [9.17, 15) is 19.7 Å². The summed E-state index contributed by atoms with van der Waals surface area (Å²) in [7, 11) is 1.29. The Hall–Kier alpha value is -2.94.